The Labute approximate surface area is 198 Å². The van der Waals surface area contributed by atoms with Gasteiger partial charge in [0.15, 0.2) is 5.78 Å². The molecule has 1 aliphatic rings. The molecule has 0 aliphatic heterocycles. The van der Waals surface area contributed by atoms with Gasteiger partial charge in [0, 0.05) is 16.4 Å². The van der Waals surface area contributed by atoms with Crippen molar-refractivity contribution in [2.75, 3.05) is 0 Å². The maximum absolute atomic E-state index is 13.7. The molecule has 2 rings (SSSR count). The lowest BCUT2D eigenvalue weighted by molar-refractivity contribution is -0.126. The topological polar surface area (TPSA) is 37.3 Å². The minimum absolute atomic E-state index is 0.0141. The van der Waals surface area contributed by atoms with Crippen LogP contribution < -0.4 is 0 Å². The van der Waals surface area contributed by atoms with Gasteiger partial charge in [-0.25, -0.2) is 0 Å². The van der Waals surface area contributed by atoms with Gasteiger partial charge in [0.25, 0.3) is 0 Å². The third-order valence-electron chi connectivity index (χ3n) is 7.13. The van der Waals surface area contributed by atoms with Gasteiger partial charge in [0.05, 0.1) is 10.1 Å². The lowest BCUT2D eigenvalue weighted by Gasteiger charge is -2.43. The Hall–Kier alpha value is -1.25. The largest absolute Gasteiger partial charge is 0.507 e. The number of carbonyl (C=O) groups excluding carboxylic acids is 1. The fourth-order valence-electron chi connectivity index (χ4n) is 4.08. The van der Waals surface area contributed by atoms with Gasteiger partial charge in [0.1, 0.15) is 5.75 Å². The second-order valence-corrected chi connectivity index (χ2v) is 12.8. The number of allylic oxidation sites excluding steroid dienone is 4. The molecule has 0 heterocycles. The lowest BCUT2D eigenvalue weighted by Crippen LogP contribution is -2.44. The fraction of sp³-hybridized carbons (Fsp3) is 0.593. The molecule has 0 atom stereocenters. The summed E-state index contributed by atoms with van der Waals surface area (Å²) in [5, 5.41) is 12.0. The van der Waals surface area contributed by atoms with E-state index in [1.165, 1.54) is 0 Å². The first-order valence-electron chi connectivity index (χ1n) is 10.9. The quantitative estimate of drug-likeness (QED) is 0.486. The van der Waals surface area contributed by atoms with Crippen LogP contribution in [-0.2, 0) is 21.0 Å². The number of halogens is 2. The van der Waals surface area contributed by atoms with Crippen LogP contribution in [0.1, 0.15) is 99.3 Å². The third-order valence-corrected chi connectivity index (χ3v) is 8.15. The molecule has 0 radical (unpaired) electrons. The fourth-order valence-corrected chi connectivity index (χ4v) is 4.58. The van der Waals surface area contributed by atoms with E-state index in [0.29, 0.717) is 27.8 Å². The molecular weight excluding hydrogens is 427 g/mol. The number of aromatic hydroxyl groups is 1. The first kappa shape index (κ1) is 26.0. The molecule has 0 saturated heterocycles. The Morgan fingerprint density at radius 1 is 0.839 bits per heavy atom. The summed E-state index contributed by atoms with van der Waals surface area (Å²) in [5.74, 6) is 0.358. The van der Waals surface area contributed by atoms with Crippen LogP contribution >= 0.6 is 23.2 Å². The van der Waals surface area contributed by atoms with E-state index < -0.39 is 10.8 Å². The predicted molar refractivity (Wildman–Crippen MR) is 133 cm³/mol. The van der Waals surface area contributed by atoms with Crippen LogP contribution in [0.5, 0.6) is 5.75 Å². The molecule has 1 aliphatic carbocycles. The summed E-state index contributed by atoms with van der Waals surface area (Å²) in [6.07, 6.45) is 0.492. The van der Waals surface area contributed by atoms with Crippen LogP contribution in [-0.4, -0.2) is 10.9 Å². The summed E-state index contributed by atoms with van der Waals surface area (Å²) in [6, 6.07) is 4.14. The molecule has 0 spiro atoms. The third kappa shape index (κ3) is 4.48. The maximum atomic E-state index is 13.7. The summed E-state index contributed by atoms with van der Waals surface area (Å²) in [7, 11) is 0. The normalized spacial score (nSPS) is 16.4. The number of carbonyl (C=O) groups is 1. The van der Waals surface area contributed by atoms with Crippen molar-refractivity contribution in [1.29, 1.82) is 0 Å². The molecule has 0 aromatic heterocycles. The van der Waals surface area contributed by atoms with E-state index >= 15 is 0 Å². The summed E-state index contributed by atoms with van der Waals surface area (Å²) in [5.41, 5.74) is 2.59. The first-order valence-corrected chi connectivity index (χ1v) is 11.7. The highest BCUT2D eigenvalue weighted by Gasteiger charge is 2.47. The van der Waals surface area contributed by atoms with E-state index in [2.05, 4.69) is 67.5 Å². The van der Waals surface area contributed by atoms with E-state index in [1.807, 2.05) is 20.8 Å². The molecule has 172 valence electrons. The number of hydrogen-bond acceptors (Lipinski definition) is 2. The molecular formula is C27H38Cl2O2. The molecule has 2 nitrogen and oxygen atoms in total. The van der Waals surface area contributed by atoms with Gasteiger partial charge in [-0.05, 0) is 46.4 Å². The first-order chi connectivity index (χ1) is 13.7. The Morgan fingerprint density at radius 3 is 1.58 bits per heavy atom. The molecule has 0 saturated carbocycles. The van der Waals surface area contributed by atoms with Gasteiger partial charge < -0.3 is 5.11 Å². The van der Waals surface area contributed by atoms with Crippen molar-refractivity contribution in [2.45, 2.75) is 98.8 Å². The van der Waals surface area contributed by atoms with Crippen LogP contribution in [0.2, 0.25) is 0 Å². The molecule has 1 aromatic carbocycles. The molecule has 1 aromatic rings. The Balaban J connectivity index is 2.70. The molecule has 0 fully saturated rings. The Morgan fingerprint density at radius 2 is 1.26 bits per heavy atom. The number of Topliss-reactive ketones (excluding diaryl/α,β-unsaturated/α-hetero) is 1. The number of rotatable bonds is 4. The van der Waals surface area contributed by atoms with E-state index in [-0.39, 0.29) is 16.6 Å². The zero-order valence-corrected chi connectivity index (χ0v) is 22.5. The van der Waals surface area contributed by atoms with E-state index in [0.717, 1.165) is 22.3 Å². The minimum Gasteiger partial charge on any atom is -0.507 e. The Bertz CT molecular complexity index is 942. The highest BCUT2D eigenvalue weighted by Crippen LogP contribution is 2.50. The van der Waals surface area contributed by atoms with Crippen molar-refractivity contribution in [3.63, 3.8) is 0 Å². The van der Waals surface area contributed by atoms with Crippen molar-refractivity contribution >= 4 is 29.0 Å². The SMILES string of the molecule is CC1=C(Cl)C(Cl)=C(C(=O)C(C)(C)C(C)(C)c2cc(C(C)(C)C)c(O)c(C(C)(C)C)c2)C1. The van der Waals surface area contributed by atoms with Crippen LogP contribution in [0.3, 0.4) is 0 Å². The second-order valence-electron chi connectivity index (χ2n) is 12.1. The van der Waals surface area contributed by atoms with Gasteiger partial charge in [-0.3, -0.25) is 4.79 Å². The summed E-state index contributed by atoms with van der Waals surface area (Å²) >= 11 is 12.7. The molecule has 1 N–H and O–H groups in total. The number of ketones is 1. The maximum Gasteiger partial charge on any atom is 0.167 e. The van der Waals surface area contributed by atoms with Crippen molar-refractivity contribution in [3.05, 3.63) is 50.0 Å². The number of hydrogen-bond donors (Lipinski definition) is 1. The lowest BCUT2D eigenvalue weighted by atomic mass is 9.60. The summed E-state index contributed by atoms with van der Waals surface area (Å²) in [6.45, 7) is 22.7. The van der Waals surface area contributed by atoms with E-state index in [4.69, 9.17) is 23.2 Å². The zero-order chi connectivity index (χ0) is 24.3. The molecule has 0 unspecified atom stereocenters. The summed E-state index contributed by atoms with van der Waals surface area (Å²) in [4.78, 5) is 13.7. The van der Waals surface area contributed by atoms with Gasteiger partial charge in [0.2, 0.25) is 0 Å². The van der Waals surface area contributed by atoms with Gasteiger partial charge in [-0.15, -0.1) is 0 Å². The molecule has 0 amide bonds. The highest BCUT2D eigenvalue weighted by atomic mass is 35.5. The predicted octanol–water partition coefficient (Wildman–Crippen LogP) is 8.27. The smallest absolute Gasteiger partial charge is 0.167 e. The highest BCUT2D eigenvalue weighted by molar-refractivity contribution is 6.46. The van der Waals surface area contributed by atoms with E-state index in [1.54, 1.807) is 0 Å². The van der Waals surface area contributed by atoms with Crippen molar-refractivity contribution in [3.8, 4) is 5.75 Å². The van der Waals surface area contributed by atoms with Crippen molar-refractivity contribution in [1.82, 2.24) is 0 Å². The van der Waals surface area contributed by atoms with Crippen LogP contribution in [0.4, 0.5) is 0 Å². The number of phenols is 1. The Kier molecular flexibility index (Phi) is 6.67. The van der Waals surface area contributed by atoms with Gasteiger partial charge in [-0.1, -0.05) is 105 Å². The molecule has 4 heteroatoms. The monoisotopic (exact) mass is 464 g/mol. The zero-order valence-electron chi connectivity index (χ0n) is 21.0. The van der Waals surface area contributed by atoms with Crippen LogP contribution in [0.25, 0.3) is 0 Å². The number of benzene rings is 1. The minimum atomic E-state index is -0.745. The van der Waals surface area contributed by atoms with Gasteiger partial charge >= 0.3 is 0 Å². The molecule has 31 heavy (non-hydrogen) atoms. The van der Waals surface area contributed by atoms with Crippen LogP contribution in [0.15, 0.2) is 33.3 Å². The standard InChI is InChI=1S/C27H38Cl2O2/c1-15-12-17(21(29)20(15)28)23(31)27(10,11)26(8,9)16-13-18(24(2,3)4)22(30)19(14-16)25(5,6)7/h13-14,30H,12H2,1-11H3. The average Bonchev–Trinajstić information content (AvgIpc) is 2.86. The second kappa shape index (κ2) is 7.96. The van der Waals surface area contributed by atoms with Crippen molar-refractivity contribution in [2.24, 2.45) is 5.41 Å². The average molecular weight is 466 g/mol. The summed E-state index contributed by atoms with van der Waals surface area (Å²) < 4.78 is 0. The van der Waals surface area contributed by atoms with Crippen LogP contribution in [0, 0.1) is 5.41 Å². The van der Waals surface area contributed by atoms with Crippen molar-refractivity contribution < 1.29 is 9.90 Å². The van der Waals surface area contributed by atoms with E-state index in [9.17, 15) is 9.90 Å². The number of phenolic OH excluding ortho intramolecular Hbond substituents is 1. The van der Waals surface area contributed by atoms with Gasteiger partial charge in [-0.2, -0.15) is 0 Å². The molecule has 0 bridgehead atoms.